The van der Waals surface area contributed by atoms with E-state index in [1.165, 1.54) is 12.8 Å². The van der Waals surface area contributed by atoms with Crippen molar-refractivity contribution in [3.05, 3.63) is 84.1 Å². The Morgan fingerprint density at radius 1 is 0.848 bits per heavy atom. The number of nitrogens with one attached hydrogen (secondary N) is 2. The number of ether oxygens (including phenoxy) is 1. The topological polar surface area (TPSA) is 83.6 Å². The fraction of sp³-hybridized carbons (Fsp3) is 0.269. The molecule has 4 rings (SSSR count). The Balaban J connectivity index is 1.31. The summed E-state index contributed by atoms with van der Waals surface area (Å²) in [6.07, 6.45) is 6.00. The van der Waals surface area contributed by atoms with E-state index in [2.05, 4.69) is 15.6 Å². The summed E-state index contributed by atoms with van der Waals surface area (Å²) in [5.41, 5.74) is 2.81. The lowest BCUT2D eigenvalue weighted by atomic mass is 10.2. The van der Waals surface area contributed by atoms with E-state index in [9.17, 15) is 9.59 Å². The van der Waals surface area contributed by atoms with Crippen molar-refractivity contribution in [2.75, 3.05) is 23.7 Å². The highest BCUT2D eigenvalue weighted by Crippen LogP contribution is 2.18. The molecular formula is C26H28N4O3. The van der Waals surface area contributed by atoms with Gasteiger partial charge in [0.05, 0.1) is 0 Å². The number of likely N-dealkylation sites (tertiary alicyclic amines) is 1. The molecule has 0 unspecified atom stereocenters. The Morgan fingerprint density at radius 3 is 2.21 bits per heavy atom. The zero-order valence-corrected chi connectivity index (χ0v) is 18.5. The highest BCUT2D eigenvalue weighted by Gasteiger charge is 2.15. The first-order chi connectivity index (χ1) is 16.2. The molecule has 0 bridgehead atoms. The summed E-state index contributed by atoms with van der Waals surface area (Å²) in [5.74, 6) is 0.126. The number of amides is 3. The number of carbonyl (C=O) groups is 2. The lowest BCUT2D eigenvalue weighted by molar-refractivity contribution is 0.102. The van der Waals surface area contributed by atoms with Crippen molar-refractivity contribution in [1.82, 2.24) is 9.88 Å². The Bertz CT molecular complexity index is 1060. The fourth-order valence-corrected chi connectivity index (χ4v) is 3.68. The molecule has 1 aliphatic heterocycles. The Hall–Kier alpha value is -3.87. The summed E-state index contributed by atoms with van der Waals surface area (Å²) in [5, 5.41) is 5.80. The molecule has 2 N–H and O–H groups in total. The second-order valence-corrected chi connectivity index (χ2v) is 8.02. The van der Waals surface area contributed by atoms with Gasteiger partial charge in [-0.1, -0.05) is 43.2 Å². The second-order valence-electron chi connectivity index (χ2n) is 8.02. The lowest BCUT2D eigenvalue weighted by Gasteiger charge is -2.20. The predicted octanol–water partition coefficient (Wildman–Crippen LogP) is 5.32. The number of benzene rings is 2. The van der Waals surface area contributed by atoms with Crippen LogP contribution in [-0.2, 0) is 6.61 Å². The number of hydrogen-bond acceptors (Lipinski definition) is 4. The van der Waals surface area contributed by atoms with E-state index in [4.69, 9.17) is 4.74 Å². The van der Waals surface area contributed by atoms with Gasteiger partial charge in [-0.15, -0.1) is 0 Å². The van der Waals surface area contributed by atoms with Crippen LogP contribution in [0.1, 0.15) is 41.6 Å². The van der Waals surface area contributed by atoms with Gasteiger partial charge in [0.1, 0.15) is 6.61 Å². The number of urea groups is 1. The monoisotopic (exact) mass is 444 g/mol. The maximum atomic E-state index is 12.7. The minimum absolute atomic E-state index is 0.0755. The molecule has 0 spiro atoms. The normalized spacial score (nSPS) is 13.6. The van der Waals surface area contributed by atoms with Gasteiger partial charge in [0.25, 0.3) is 5.91 Å². The summed E-state index contributed by atoms with van der Waals surface area (Å²) < 4.78 is 5.71. The van der Waals surface area contributed by atoms with Crippen LogP contribution in [0.25, 0.3) is 0 Å². The molecule has 2 heterocycles. The molecule has 1 aliphatic rings. The molecule has 2 aromatic carbocycles. The van der Waals surface area contributed by atoms with Gasteiger partial charge in [0.15, 0.2) is 0 Å². The third-order valence-electron chi connectivity index (χ3n) is 5.51. The predicted molar refractivity (Wildman–Crippen MR) is 128 cm³/mol. The number of rotatable bonds is 6. The van der Waals surface area contributed by atoms with Crippen LogP contribution in [0, 0.1) is 0 Å². The van der Waals surface area contributed by atoms with Crippen molar-refractivity contribution in [2.45, 2.75) is 32.3 Å². The average Bonchev–Trinajstić information content (AvgIpc) is 3.15. The van der Waals surface area contributed by atoms with Crippen molar-refractivity contribution in [3.63, 3.8) is 0 Å². The number of nitrogens with zero attached hydrogens (tertiary/aromatic N) is 2. The van der Waals surface area contributed by atoms with Crippen molar-refractivity contribution in [2.24, 2.45) is 0 Å². The fourth-order valence-electron chi connectivity index (χ4n) is 3.68. The van der Waals surface area contributed by atoms with Crippen LogP contribution in [0.2, 0.25) is 0 Å². The van der Waals surface area contributed by atoms with Gasteiger partial charge in [-0.3, -0.25) is 4.79 Å². The third-order valence-corrected chi connectivity index (χ3v) is 5.51. The Kier molecular flexibility index (Phi) is 7.53. The second kappa shape index (κ2) is 11.1. The molecule has 33 heavy (non-hydrogen) atoms. The molecule has 7 nitrogen and oxygen atoms in total. The first-order valence-electron chi connectivity index (χ1n) is 11.3. The molecule has 0 atom stereocenters. The summed E-state index contributed by atoms with van der Waals surface area (Å²) >= 11 is 0. The largest absolute Gasteiger partial charge is 0.473 e. The van der Waals surface area contributed by atoms with Gasteiger partial charge < -0.3 is 20.3 Å². The molecule has 0 radical (unpaired) electrons. The van der Waals surface area contributed by atoms with Crippen LogP contribution < -0.4 is 15.4 Å². The molecule has 3 aromatic rings. The molecule has 0 saturated carbocycles. The lowest BCUT2D eigenvalue weighted by Crippen LogP contribution is -2.35. The molecule has 3 amide bonds. The van der Waals surface area contributed by atoms with Crippen molar-refractivity contribution in [3.8, 4) is 5.88 Å². The summed E-state index contributed by atoms with van der Waals surface area (Å²) in [6, 6.07) is 20.1. The van der Waals surface area contributed by atoms with Gasteiger partial charge in [-0.25, -0.2) is 9.78 Å². The molecule has 0 aliphatic carbocycles. The van der Waals surface area contributed by atoms with Crippen molar-refractivity contribution in [1.29, 1.82) is 0 Å². The summed E-state index contributed by atoms with van der Waals surface area (Å²) in [7, 11) is 0. The summed E-state index contributed by atoms with van der Waals surface area (Å²) in [4.78, 5) is 31.2. The van der Waals surface area contributed by atoms with E-state index in [0.29, 0.717) is 29.4 Å². The zero-order chi connectivity index (χ0) is 22.9. The highest BCUT2D eigenvalue weighted by molar-refractivity contribution is 6.04. The number of anilines is 2. The third kappa shape index (κ3) is 6.55. The maximum absolute atomic E-state index is 12.7. The molecule has 170 valence electrons. The smallest absolute Gasteiger partial charge is 0.321 e. The number of hydrogen-bond donors (Lipinski definition) is 2. The summed E-state index contributed by atoms with van der Waals surface area (Å²) in [6.45, 7) is 1.97. The molecule has 1 aromatic heterocycles. The van der Waals surface area contributed by atoms with Gasteiger partial charge in [-0.05, 0) is 48.7 Å². The van der Waals surface area contributed by atoms with Gasteiger partial charge in [-0.2, -0.15) is 0 Å². The SMILES string of the molecule is O=C(Nc1ccc(NC(=O)N2CCCCCC2)cc1)c1ccnc(OCc2ccccc2)c1. The van der Waals surface area contributed by atoms with E-state index in [1.54, 1.807) is 42.6 Å². The zero-order valence-electron chi connectivity index (χ0n) is 18.5. The van der Waals surface area contributed by atoms with Crippen LogP contribution in [-0.4, -0.2) is 34.9 Å². The van der Waals surface area contributed by atoms with Crippen LogP contribution in [0.15, 0.2) is 72.9 Å². The van der Waals surface area contributed by atoms with E-state index >= 15 is 0 Å². The minimum Gasteiger partial charge on any atom is -0.473 e. The van der Waals surface area contributed by atoms with Crippen LogP contribution in [0.4, 0.5) is 16.2 Å². The van der Waals surface area contributed by atoms with E-state index in [0.717, 1.165) is 31.5 Å². The van der Waals surface area contributed by atoms with Gasteiger partial charge in [0.2, 0.25) is 5.88 Å². The van der Waals surface area contributed by atoms with E-state index < -0.39 is 0 Å². The molecule has 1 saturated heterocycles. The van der Waals surface area contributed by atoms with Crippen molar-refractivity contribution >= 4 is 23.3 Å². The van der Waals surface area contributed by atoms with Crippen LogP contribution >= 0.6 is 0 Å². The minimum atomic E-state index is -0.261. The molecule has 7 heteroatoms. The number of carbonyl (C=O) groups excluding carboxylic acids is 2. The highest BCUT2D eigenvalue weighted by atomic mass is 16.5. The van der Waals surface area contributed by atoms with Crippen LogP contribution in [0.5, 0.6) is 5.88 Å². The van der Waals surface area contributed by atoms with Crippen LogP contribution in [0.3, 0.4) is 0 Å². The average molecular weight is 445 g/mol. The Labute approximate surface area is 193 Å². The molecule has 1 fully saturated rings. The number of pyridine rings is 1. The first kappa shape index (κ1) is 22.3. The van der Waals surface area contributed by atoms with Gasteiger partial charge >= 0.3 is 6.03 Å². The standard InChI is InChI=1S/C26H28N4O3/c31-25(21-14-15-27-24(18-21)33-19-20-8-4-3-5-9-20)28-22-10-12-23(13-11-22)29-26(32)30-16-6-1-2-7-17-30/h3-5,8-15,18H,1-2,6-7,16-17,19H2,(H,28,31)(H,29,32). The number of aromatic nitrogens is 1. The Morgan fingerprint density at radius 2 is 1.52 bits per heavy atom. The molecular weight excluding hydrogens is 416 g/mol. The quantitative estimate of drug-likeness (QED) is 0.539. The maximum Gasteiger partial charge on any atom is 0.321 e. The van der Waals surface area contributed by atoms with E-state index in [-0.39, 0.29) is 11.9 Å². The first-order valence-corrected chi connectivity index (χ1v) is 11.3. The van der Waals surface area contributed by atoms with Gasteiger partial charge in [0, 0.05) is 42.3 Å². The van der Waals surface area contributed by atoms with E-state index in [1.807, 2.05) is 35.2 Å². The van der Waals surface area contributed by atoms with Crippen molar-refractivity contribution < 1.29 is 14.3 Å².